The van der Waals surface area contributed by atoms with Gasteiger partial charge < -0.3 is 18.9 Å². The number of piperidine rings is 1. The zero-order valence-corrected chi connectivity index (χ0v) is 21.9. The van der Waals surface area contributed by atoms with E-state index in [-0.39, 0.29) is 17.8 Å². The van der Waals surface area contributed by atoms with Gasteiger partial charge in [0.2, 0.25) is 0 Å². The smallest absolute Gasteiger partial charge is 0.490 e. The molecule has 1 aliphatic carbocycles. The van der Waals surface area contributed by atoms with Gasteiger partial charge in [0.15, 0.2) is 0 Å². The minimum Gasteiger partial charge on any atom is -0.490 e. The molecule has 2 aromatic carbocycles. The minimum atomic E-state index is -4.79. The number of halogens is 3. The number of hydrogen-bond acceptors (Lipinski definition) is 5. The van der Waals surface area contributed by atoms with Crippen LogP contribution in [0.4, 0.5) is 18.0 Å². The summed E-state index contributed by atoms with van der Waals surface area (Å²) in [5.74, 6) is 0.0457. The Balaban J connectivity index is 1.48. The molecule has 3 atom stereocenters. The molecule has 2 heterocycles. The maximum absolute atomic E-state index is 13.4. The first kappa shape index (κ1) is 26.7. The van der Waals surface area contributed by atoms with Crippen molar-refractivity contribution in [2.24, 2.45) is 0 Å². The van der Waals surface area contributed by atoms with E-state index >= 15 is 0 Å². The minimum absolute atomic E-state index is 0.0776. The lowest BCUT2D eigenvalue weighted by atomic mass is 9.76. The average Bonchev–Trinajstić information content (AvgIpc) is 3.56. The molecule has 1 amide bonds. The highest BCUT2D eigenvalue weighted by atomic mass is 19.6. The Bertz CT molecular complexity index is 1150. The van der Waals surface area contributed by atoms with Crippen molar-refractivity contribution >= 4 is 6.09 Å². The van der Waals surface area contributed by atoms with Gasteiger partial charge in [0.05, 0.1) is 24.4 Å². The largest absolute Gasteiger partial charge is 0.573 e. The van der Waals surface area contributed by atoms with Gasteiger partial charge in [-0.2, -0.15) is 0 Å². The third-order valence-electron chi connectivity index (χ3n) is 7.19. The van der Waals surface area contributed by atoms with Crippen molar-refractivity contribution in [3.63, 3.8) is 0 Å². The molecule has 38 heavy (non-hydrogen) atoms. The van der Waals surface area contributed by atoms with Crippen molar-refractivity contribution in [3.8, 4) is 11.5 Å². The normalized spacial score (nSPS) is 25.9. The zero-order chi connectivity index (χ0) is 27.1. The highest BCUT2D eigenvalue weighted by Gasteiger charge is 2.53. The lowest BCUT2D eigenvalue weighted by Gasteiger charge is -2.47. The Kier molecular flexibility index (Phi) is 7.00. The standard InChI is InChI=1S/C29H34F3NO5/c1-27(2,3)38-26(34)33-15-7-14-28(25(33)19-8-5-4-6-9-19)17-20(18-35-28)23-16-22(37-29(30,31)32)12-13-24(23)36-21-10-11-21/h4-6,8-9,12-13,16,20-21,25H,7,10-11,14-15,17-18H2,1-3H3/t20-,25-,28+/m0/s1/i29+2. The van der Waals surface area contributed by atoms with E-state index in [4.69, 9.17) is 14.2 Å². The van der Waals surface area contributed by atoms with Crippen LogP contribution < -0.4 is 9.47 Å². The maximum atomic E-state index is 13.4. The first-order valence-corrected chi connectivity index (χ1v) is 13.2. The van der Waals surface area contributed by atoms with Crippen LogP contribution in [0.5, 0.6) is 11.5 Å². The molecule has 206 valence electrons. The van der Waals surface area contributed by atoms with Crippen LogP contribution in [-0.4, -0.2) is 47.8 Å². The first-order chi connectivity index (χ1) is 17.9. The fourth-order valence-electron chi connectivity index (χ4n) is 5.62. The van der Waals surface area contributed by atoms with E-state index < -0.39 is 29.7 Å². The summed E-state index contributed by atoms with van der Waals surface area (Å²) in [6.45, 7) is 6.32. The SMILES string of the molecule is CC(C)(C)OC(=O)N1CCC[C@@]2(C[C@H](c3cc(O[14C](F)(F)F)ccc3OC3CC3)CO2)[C@@H]1c1ccccc1. The number of alkyl halides is 3. The molecule has 2 aromatic rings. The van der Waals surface area contributed by atoms with Crippen LogP contribution in [-0.2, 0) is 9.47 Å². The number of rotatable bonds is 5. The summed E-state index contributed by atoms with van der Waals surface area (Å²) in [6.07, 6.45) is -1.33. The van der Waals surface area contributed by atoms with Gasteiger partial charge >= 0.3 is 12.5 Å². The van der Waals surface area contributed by atoms with Crippen molar-refractivity contribution in [1.29, 1.82) is 0 Å². The zero-order valence-electron chi connectivity index (χ0n) is 21.9. The average molecular weight is 536 g/mol. The molecule has 1 saturated carbocycles. The molecule has 3 fully saturated rings. The number of hydrogen-bond donors (Lipinski definition) is 0. The predicted molar refractivity (Wildman–Crippen MR) is 134 cm³/mol. The second-order valence-electron chi connectivity index (χ2n) is 11.4. The fraction of sp³-hybridized carbons (Fsp3) is 0.552. The highest BCUT2D eigenvalue weighted by Crippen LogP contribution is 2.53. The van der Waals surface area contributed by atoms with Gasteiger partial charge in [-0.3, -0.25) is 4.90 Å². The molecule has 5 rings (SSSR count). The summed E-state index contributed by atoms with van der Waals surface area (Å²) in [5, 5.41) is 0. The second kappa shape index (κ2) is 9.98. The number of benzene rings is 2. The molecule has 9 heteroatoms. The molecule has 6 nitrogen and oxygen atoms in total. The van der Waals surface area contributed by atoms with E-state index in [1.165, 1.54) is 12.1 Å². The first-order valence-electron chi connectivity index (χ1n) is 13.2. The molecule has 0 unspecified atom stereocenters. The number of amides is 1. The van der Waals surface area contributed by atoms with Crippen LogP contribution >= 0.6 is 0 Å². The van der Waals surface area contributed by atoms with E-state index in [1.54, 1.807) is 11.0 Å². The highest BCUT2D eigenvalue weighted by molar-refractivity contribution is 5.69. The molecule has 2 aliphatic heterocycles. The Morgan fingerprint density at radius 3 is 2.50 bits per heavy atom. The third-order valence-corrected chi connectivity index (χ3v) is 7.19. The van der Waals surface area contributed by atoms with Gasteiger partial charge in [0, 0.05) is 18.0 Å². The molecule has 0 radical (unpaired) electrons. The van der Waals surface area contributed by atoms with E-state index in [9.17, 15) is 18.0 Å². The van der Waals surface area contributed by atoms with Gasteiger partial charge in [-0.1, -0.05) is 30.3 Å². The summed E-state index contributed by atoms with van der Waals surface area (Å²) in [5.41, 5.74) is 0.188. The van der Waals surface area contributed by atoms with Gasteiger partial charge in [0.1, 0.15) is 17.1 Å². The van der Waals surface area contributed by atoms with Crippen LogP contribution in [0.1, 0.15) is 76.0 Å². The predicted octanol–water partition coefficient (Wildman–Crippen LogP) is 7.14. The maximum Gasteiger partial charge on any atom is 0.573 e. The van der Waals surface area contributed by atoms with E-state index in [0.717, 1.165) is 24.8 Å². The van der Waals surface area contributed by atoms with Crippen molar-refractivity contribution < 1.29 is 36.9 Å². The van der Waals surface area contributed by atoms with E-state index in [2.05, 4.69) is 4.74 Å². The topological polar surface area (TPSA) is 57.2 Å². The quantitative estimate of drug-likeness (QED) is 0.407. The number of likely N-dealkylation sites (tertiary alicyclic amines) is 1. The summed E-state index contributed by atoms with van der Waals surface area (Å²) in [6, 6.07) is 13.6. The molecule has 3 aliphatic rings. The Morgan fingerprint density at radius 1 is 1.11 bits per heavy atom. The lowest BCUT2D eigenvalue weighted by Crippen LogP contribution is -2.53. The van der Waals surface area contributed by atoms with Gasteiger partial charge in [-0.15, -0.1) is 13.2 Å². The molecular weight excluding hydrogens is 501 g/mol. The molecule has 2 saturated heterocycles. The molecule has 0 N–H and O–H groups in total. The number of nitrogens with zero attached hydrogens (tertiary/aromatic N) is 1. The number of ether oxygens (including phenoxy) is 4. The van der Waals surface area contributed by atoms with Crippen LogP contribution in [0.3, 0.4) is 0 Å². The van der Waals surface area contributed by atoms with Crippen molar-refractivity contribution in [2.45, 2.75) is 88.5 Å². The second-order valence-corrected chi connectivity index (χ2v) is 11.4. The van der Waals surface area contributed by atoms with Gasteiger partial charge in [0.25, 0.3) is 0 Å². The van der Waals surface area contributed by atoms with Gasteiger partial charge in [-0.05, 0) is 76.6 Å². The third kappa shape index (κ3) is 6.03. The molecule has 1 spiro atoms. The van der Waals surface area contributed by atoms with Crippen LogP contribution in [0.2, 0.25) is 0 Å². The number of carbonyl (C=O) groups is 1. The monoisotopic (exact) mass is 535 g/mol. The van der Waals surface area contributed by atoms with Gasteiger partial charge in [-0.25, -0.2) is 4.79 Å². The Labute approximate surface area is 221 Å². The van der Waals surface area contributed by atoms with Crippen molar-refractivity contribution in [3.05, 3.63) is 59.7 Å². The van der Waals surface area contributed by atoms with Crippen LogP contribution in [0.25, 0.3) is 0 Å². The Morgan fingerprint density at radius 2 is 1.84 bits per heavy atom. The molecular formula is C29H34F3NO5. The Hall–Kier alpha value is -2.94. The number of carbonyl (C=O) groups excluding carboxylic acids is 1. The molecule has 0 bridgehead atoms. The fourth-order valence-corrected chi connectivity index (χ4v) is 5.62. The summed E-state index contributed by atoms with van der Waals surface area (Å²) in [4.78, 5) is 15.1. The molecule has 0 aromatic heterocycles. The summed E-state index contributed by atoms with van der Waals surface area (Å²) < 4.78 is 61.7. The van der Waals surface area contributed by atoms with E-state index in [1.807, 2.05) is 51.1 Å². The van der Waals surface area contributed by atoms with Crippen molar-refractivity contribution in [2.75, 3.05) is 13.2 Å². The van der Waals surface area contributed by atoms with Crippen LogP contribution in [0, 0.1) is 0 Å². The lowest BCUT2D eigenvalue weighted by molar-refractivity contribution is -0.274. The van der Waals surface area contributed by atoms with Crippen LogP contribution in [0.15, 0.2) is 48.5 Å². The van der Waals surface area contributed by atoms with Crippen molar-refractivity contribution in [1.82, 2.24) is 4.90 Å². The summed E-state index contributed by atoms with van der Waals surface area (Å²) >= 11 is 0. The van der Waals surface area contributed by atoms with E-state index in [0.29, 0.717) is 37.3 Å². The summed E-state index contributed by atoms with van der Waals surface area (Å²) in [7, 11) is 0.